The van der Waals surface area contributed by atoms with Crippen molar-refractivity contribution in [1.82, 2.24) is 30.2 Å². The lowest BCUT2D eigenvalue weighted by Crippen LogP contribution is -2.62. The van der Waals surface area contributed by atoms with E-state index in [9.17, 15) is 73.2 Å². The Kier molecular flexibility index (Phi) is 20.5. The highest BCUT2D eigenvalue weighted by Gasteiger charge is 2.66. The van der Waals surface area contributed by atoms with Crippen molar-refractivity contribution in [1.29, 1.82) is 0 Å². The lowest BCUT2D eigenvalue weighted by Gasteiger charge is -2.63. The van der Waals surface area contributed by atoms with Crippen LogP contribution in [0.15, 0.2) is 12.7 Å². The van der Waals surface area contributed by atoms with Crippen LogP contribution in [0.25, 0.3) is 11.2 Å². The van der Waals surface area contributed by atoms with Crippen LogP contribution in [0.2, 0.25) is 0 Å². The summed E-state index contributed by atoms with van der Waals surface area (Å²) in [5.41, 5.74) is 3.98. The van der Waals surface area contributed by atoms with Crippen LogP contribution in [-0.2, 0) is 50.7 Å². The number of fused-ring (bicyclic) bond motifs is 6. The van der Waals surface area contributed by atoms with E-state index in [1.807, 2.05) is 6.92 Å². The van der Waals surface area contributed by atoms with Crippen LogP contribution >= 0.6 is 35.2 Å². The monoisotopic (exact) mass is 1200 g/mol. The molecule has 0 radical (unpaired) electrons. The summed E-state index contributed by atoms with van der Waals surface area (Å²) in [4.78, 5) is 89.9. The van der Waals surface area contributed by atoms with Gasteiger partial charge in [0.1, 0.15) is 36.3 Å². The topological polar surface area (TPSA) is 424 Å². The van der Waals surface area contributed by atoms with E-state index in [-0.39, 0.29) is 88.1 Å². The van der Waals surface area contributed by atoms with Gasteiger partial charge in [-0.15, -0.1) is 0 Å². The van der Waals surface area contributed by atoms with Gasteiger partial charge in [-0.25, -0.2) is 28.6 Å². The number of thioether (sulfide) groups is 1. The fourth-order valence-electron chi connectivity index (χ4n) is 13.6. The molecule has 2 aromatic heterocycles. The molecule has 2 aromatic rings. The number of carbonyl (C=O) groups is 3. The van der Waals surface area contributed by atoms with Gasteiger partial charge in [-0.3, -0.25) is 32.5 Å². The zero-order valence-electron chi connectivity index (χ0n) is 45.3. The zero-order chi connectivity index (χ0) is 58.2. The summed E-state index contributed by atoms with van der Waals surface area (Å²) in [6.07, 6.45) is 0.0812. The number of hydrogen-bond acceptors (Lipinski definition) is 21. The Morgan fingerprint density at radius 1 is 0.937 bits per heavy atom. The second-order valence-corrected chi connectivity index (χ2v) is 28.9. The van der Waals surface area contributed by atoms with Crippen LogP contribution in [0, 0.1) is 57.7 Å². The van der Waals surface area contributed by atoms with Crippen molar-refractivity contribution >= 4 is 69.1 Å². The maximum absolute atomic E-state index is 13.1. The van der Waals surface area contributed by atoms with Crippen molar-refractivity contribution in [3.05, 3.63) is 12.7 Å². The summed E-state index contributed by atoms with van der Waals surface area (Å²) in [6, 6.07) is 0. The Bertz CT molecular complexity index is 2640. The van der Waals surface area contributed by atoms with Gasteiger partial charge in [0.2, 0.25) is 11.8 Å². The summed E-state index contributed by atoms with van der Waals surface area (Å²) in [5.74, 6) is 0.168. The molecule has 2 unspecified atom stereocenters. The molecule has 448 valence electrons. The molecule has 4 saturated carbocycles. The number of phosphoric acid groups is 3. The summed E-state index contributed by atoms with van der Waals surface area (Å²) in [6.45, 7) is 9.17. The van der Waals surface area contributed by atoms with Gasteiger partial charge in [0, 0.05) is 36.6 Å². The minimum Gasteiger partial charge on any atom is -0.393 e. The average Bonchev–Trinajstić information content (AvgIpc) is 4.30. The highest BCUT2D eigenvalue weighted by atomic mass is 32.2. The fraction of sp³-hybridized carbons (Fsp3) is 0.833. The van der Waals surface area contributed by atoms with Crippen LogP contribution in [0.5, 0.6) is 0 Å². The van der Waals surface area contributed by atoms with E-state index < -0.39 is 96.8 Å². The van der Waals surface area contributed by atoms with Crippen LogP contribution in [0.4, 0.5) is 5.82 Å². The molecule has 0 aromatic carbocycles. The number of amides is 2. The highest BCUT2D eigenvalue weighted by Crippen LogP contribution is 2.69. The molecule has 5 fully saturated rings. The highest BCUT2D eigenvalue weighted by molar-refractivity contribution is 8.13. The summed E-state index contributed by atoms with van der Waals surface area (Å²) in [5, 5.41) is 60.8. The van der Waals surface area contributed by atoms with Gasteiger partial charge in [-0.1, -0.05) is 66.1 Å². The second kappa shape index (κ2) is 25.3. The quantitative estimate of drug-likeness (QED) is 0.0502. The van der Waals surface area contributed by atoms with E-state index in [0.29, 0.717) is 30.4 Å². The maximum Gasteiger partial charge on any atom is 0.481 e. The predicted octanol–water partition coefficient (Wildman–Crippen LogP) is 3.07. The molecule has 4 aliphatic carbocycles. The Balaban J connectivity index is 0.770. The third-order valence-corrected chi connectivity index (χ3v) is 22.2. The zero-order valence-corrected chi connectivity index (χ0v) is 48.8. The van der Waals surface area contributed by atoms with Gasteiger partial charge >= 0.3 is 23.5 Å². The van der Waals surface area contributed by atoms with Crippen molar-refractivity contribution in [2.75, 3.05) is 37.8 Å². The largest absolute Gasteiger partial charge is 0.481 e. The Morgan fingerprint density at radius 2 is 1.65 bits per heavy atom. The number of nitrogens with zero attached hydrogens (tertiary/aromatic N) is 4. The number of hydrogen-bond donors (Lipinski definition) is 12. The molecule has 1 aliphatic heterocycles. The fourth-order valence-corrected chi connectivity index (χ4v) is 17.3. The van der Waals surface area contributed by atoms with Gasteiger partial charge in [-0.05, 0) is 97.7 Å². The van der Waals surface area contributed by atoms with E-state index in [1.54, 1.807) is 0 Å². The third-order valence-electron chi connectivity index (χ3n) is 18.0. The molecule has 7 rings (SSSR count). The lowest BCUT2D eigenvalue weighted by atomic mass is 9.43. The Morgan fingerprint density at radius 3 is 2.35 bits per heavy atom. The van der Waals surface area contributed by atoms with Crippen molar-refractivity contribution in [3.63, 3.8) is 0 Å². The number of aromatic nitrogens is 4. The van der Waals surface area contributed by atoms with Gasteiger partial charge in [-0.2, -0.15) is 4.31 Å². The van der Waals surface area contributed by atoms with Crippen molar-refractivity contribution < 1.29 is 95.8 Å². The lowest BCUT2D eigenvalue weighted by molar-refractivity contribution is -0.207. The number of ether oxygens (including phenoxy) is 1. The molecule has 5 aliphatic rings. The van der Waals surface area contributed by atoms with Crippen molar-refractivity contribution in [3.8, 4) is 0 Å². The molecule has 19 atom stereocenters. The summed E-state index contributed by atoms with van der Waals surface area (Å²) >= 11 is 1.12. The average molecular weight is 1200 g/mol. The molecular formula is C48H80N7O20P3S. The maximum atomic E-state index is 13.1. The molecule has 79 heavy (non-hydrogen) atoms. The molecule has 1 saturated heterocycles. The second-order valence-electron chi connectivity index (χ2n) is 23.6. The van der Waals surface area contributed by atoms with Crippen LogP contribution < -0.4 is 16.4 Å². The molecule has 2 amide bonds. The molecule has 0 spiro atoms. The smallest absolute Gasteiger partial charge is 0.393 e. The van der Waals surface area contributed by atoms with Gasteiger partial charge in [0.05, 0.1) is 37.9 Å². The Labute approximate surface area is 462 Å². The minimum absolute atomic E-state index is 0.00814. The van der Waals surface area contributed by atoms with E-state index >= 15 is 0 Å². The molecule has 3 heterocycles. The number of anilines is 1. The number of imidazole rings is 1. The minimum atomic E-state index is -5.60. The number of rotatable bonds is 25. The number of nitrogens with two attached hydrogens (primary N) is 1. The Hall–Kier alpha value is -2.56. The predicted molar refractivity (Wildman–Crippen MR) is 283 cm³/mol. The molecule has 13 N–H and O–H groups in total. The number of phosphoric ester groups is 3. The van der Waals surface area contributed by atoms with Crippen LogP contribution in [0.1, 0.15) is 118 Å². The van der Waals surface area contributed by atoms with E-state index in [2.05, 4.69) is 55.2 Å². The SMILES string of the molecule is C[C@H](CCC[C@H](C)C(=O)SCCNC(=O)CCNC(=O)[C@H](O)C(C)(C)COP(=O)(O)OP(=O)(O)OC[C@H]1O[C@@H](n2cnc3c(N)ncnc32)[C@H](O)[C@@H]1OP(=O)(O)O)[C@H]1CC[C@H]2[C@@H]3[C@H](O)C[C@@H]4C[C@H](O)CC[C@]4(C)[C@H]3C[C@H](O)[C@]12C. The van der Waals surface area contributed by atoms with Gasteiger partial charge < -0.3 is 66.2 Å². The number of aliphatic hydroxyl groups excluding tert-OH is 5. The number of nitrogens with one attached hydrogen (secondary N) is 2. The van der Waals surface area contributed by atoms with Gasteiger partial charge in [0.25, 0.3) is 0 Å². The molecule has 0 bridgehead atoms. The molecule has 27 nitrogen and oxygen atoms in total. The van der Waals surface area contributed by atoms with Crippen LogP contribution in [0.3, 0.4) is 0 Å². The third kappa shape index (κ3) is 14.7. The van der Waals surface area contributed by atoms with Gasteiger partial charge in [0.15, 0.2) is 22.8 Å². The molecular weight excluding hydrogens is 1120 g/mol. The first-order valence-electron chi connectivity index (χ1n) is 26.9. The summed E-state index contributed by atoms with van der Waals surface area (Å²) < 4.78 is 62.8. The number of aliphatic hydroxyl groups is 5. The normalized spacial score (nSPS) is 34.6. The number of nitrogen functional groups attached to an aromatic ring is 1. The van der Waals surface area contributed by atoms with Crippen molar-refractivity contribution in [2.24, 2.45) is 57.7 Å². The van der Waals surface area contributed by atoms with Crippen LogP contribution in [-0.4, -0.2) is 156 Å². The van der Waals surface area contributed by atoms with E-state index in [0.717, 1.165) is 80.4 Å². The van der Waals surface area contributed by atoms with E-state index in [4.69, 9.17) is 19.5 Å². The first-order chi connectivity index (χ1) is 36.8. The first-order valence-corrected chi connectivity index (χ1v) is 32.4. The molecule has 31 heteroatoms. The summed E-state index contributed by atoms with van der Waals surface area (Å²) in [7, 11) is -16.5. The standard InChI is InChI=1S/C48H80N7O20P3S/c1-25(29-10-11-30-36-31(20-34(58)48(29,30)6)47(5)14-12-28(56)18-27(47)19-32(36)57)8-7-9-26(2)45(63)79-17-16-50-35(59)13-15-51-43(62)40(61)46(3,4)22-72-78(69,70)75-77(67,68)71-21-33-39(74-76(64,65)66)38(60)44(73-33)55-24-54-37-41(49)52-23-53-42(37)55/h23-34,36,38-40,44,56-58,60-61H,7-22H2,1-6H3,(H,50,59)(H,51,62)(H,67,68)(H,69,70)(H2,49,52,53)(H2,64,65,66)/t25-,26+,27+,28-,29-,30+,31+,32-,33-,34+,36+,38-,39-,40+,44-,47+,48-/m1/s1. The number of carbonyl (C=O) groups excluding carboxylic acids is 3. The first kappa shape index (κ1) is 64.0. The van der Waals surface area contributed by atoms with E-state index in [1.165, 1.54) is 13.8 Å². The van der Waals surface area contributed by atoms with Crippen molar-refractivity contribution in [2.45, 2.75) is 161 Å².